The van der Waals surface area contributed by atoms with Crippen molar-refractivity contribution in [3.05, 3.63) is 16.1 Å². The predicted octanol–water partition coefficient (Wildman–Crippen LogP) is 1.96. The minimum absolute atomic E-state index is 0.180. The molecule has 7 heteroatoms. The minimum atomic E-state index is -3.14. The Hall–Kier alpha value is -0.500. The highest BCUT2D eigenvalue weighted by atomic mass is 32.2. The normalized spacial score (nSPS) is 17.4. The summed E-state index contributed by atoms with van der Waals surface area (Å²) in [4.78, 5) is 6.94. The average Bonchev–Trinajstić information content (AvgIpc) is 2.85. The first-order valence-corrected chi connectivity index (χ1v) is 9.75. The van der Waals surface area contributed by atoms with E-state index in [4.69, 9.17) is 0 Å². The molecule has 0 amide bonds. The van der Waals surface area contributed by atoms with Gasteiger partial charge in [0, 0.05) is 11.9 Å². The van der Waals surface area contributed by atoms with Crippen LogP contribution in [0.1, 0.15) is 43.3 Å². The van der Waals surface area contributed by atoms with Gasteiger partial charge in [0.1, 0.15) is 5.01 Å². The van der Waals surface area contributed by atoms with Crippen molar-refractivity contribution >= 4 is 21.4 Å². The molecule has 0 atom stereocenters. The Kier molecular flexibility index (Phi) is 5.95. The van der Waals surface area contributed by atoms with Gasteiger partial charge in [-0.3, -0.25) is 4.90 Å². The van der Waals surface area contributed by atoms with Crippen LogP contribution in [0, 0.1) is 0 Å². The number of hydrogen-bond acceptors (Lipinski definition) is 5. The Bertz CT molecular complexity index is 507. The molecule has 0 bridgehead atoms. The number of thiazole rings is 1. The highest BCUT2D eigenvalue weighted by Gasteiger charge is 2.13. The topological polar surface area (TPSA) is 62.3 Å². The van der Waals surface area contributed by atoms with Crippen LogP contribution in [-0.4, -0.2) is 37.1 Å². The maximum Gasteiger partial charge on any atom is 0.211 e. The lowest BCUT2D eigenvalue weighted by Crippen LogP contribution is -2.29. The Morgan fingerprint density at radius 1 is 1.35 bits per heavy atom. The van der Waals surface area contributed by atoms with E-state index in [0.717, 1.165) is 30.3 Å². The molecule has 5 nitrogen and oxygen atoms in total. The van der Waals surface area contributed by atoms with E-state index in [1.807, 2.05) is 12.3 Å². The summed E-state index contributed by atoms with van der Waals surface area (Å²) in [6.07, 6.45) is 4.51. The van der Waals surface area contributed by atoms with Crippen LogP contribution < -0.4 is 4.72 Å². The van der Waals surface area contributed by atoms with Crippen LogP contribution in [0.4, 0.5) is 0 Å². The molecule has 0 spiro atoms. The van der Waals surface area contributed by atoms with E-state index in [9.17, 15) is 8.42 Å². The lowest BCUT2D eigenvalue weighted by Gasteiger charge is -2.25. The molecule has 1 aliphatic heterocycles. The van der Waals surface area contributed by atoms with Crippen molar-refractivity contribution < 1.29 is 8.42 Å². The smallest absolute Gasteiger partial charge is 0.211 e. The van der Waals surface area contributed by atoms with Gasteiger partial charge < -0.3 is 0 Å². The van der Waals surface area contributed by atoms with Gasteiger partial charge in [-0.2, -0.15) is 0 Å². The summed E-state index contributed by atoms with van der Waals surface area (Å²) in [6.45, 7) is 5.36. The third-order valence-corrected chi connectivity index (χ3v) is 5.78. The van der Waals surface area contributed by atoms with Crippen molar-refractivity contribution in [1.29, 1.82) is 0 Å². The molecule has 0 unspecified atom stereocenters. The lowest BCUT2D eigenvalue weighted by atomic mass is 10.1. The number of rotatable bonds is 7. The molecule has 1 aliphatic rings. The molecule has 20 heavy (non-hydrogen) atoms. The van der Waals surface area contributed by atoms with Gasteiger partial charge in [-0.15, -0.1) is 11.3 Å². The standard InChI is InChI=1S/C13H23N3O2S2/c1-2-8-20(17,18)14-9-13-15-12(11-19-13)10-16-6-4-3-5-7-16/h11,14H,2-10H2,1H3. The van der Waals surface area contributed by atoms with Gasteiger partial charge in [0.05, 0.1) is 18.0 Å². The second kappa shape index (κ2) is 7.49. The summed E-state index contributed by atoms with van der Waals surface area (Å²) in [6, 6.07) is 0. The molecule has 1 aromatic heterocycles. The van der Waals surface area contributed by atoms with E-state index in [1.165, 1.54) is 30.6 Å². The first kappa shape index (κ1) is 15.9. The number of sulfonamides is 1. The number of piperidine rings is 1. The molecule has 2 rings (SSSR count). The number of aromatic nitrogens is 1. The molecule has 2 heterocycles. The second-order valence-corrected chi connectivity index (χ2v) is 8.08. The first-order valence-electron chi connectivity index (χ1n) is 7.22. The molecule has 114 valence electrons. The van der Waals surface area contributed by atoms with Crippen molar-refractivity contribution in [3.63, 3.8) is 0 Å². The Balaban J connectivity index is 1.82. The summed E-state index contributed by atoms with van der Waals surface area (Å²) in [7, 11) is -3.14. The Morgan fingerprint density at radius 2 is 2.10 bits per heavy atom. The van der Waals surface area contributed by atoms with Gasteiger partial charge in [0.2, 0.25) is 10.0 Å². The highest BCUT2D eigenvalue weighted by Crippen LogP contribution is 2.15. The molecule has 0 aromatic carbocycles. The van der Waals surface area contributed by atoms with Crippen molar-refractivity contribution in [3.8, 4) is 0 Å². The molecule has 0 aliphatic carbocycles. The molecule has 1 aromatic rings. The summed E-state index contributed by atoms with van der Waals surface area (Å²) < 4.78 is 25.8. The SMILES string of the molecule is CCCS(=O)(=O)NCc1nc(CN2CCCCC2)cs1. The molecule has 0 radical (unpaired) electrons. The lowest BCUT2D eigenvalue weighted by molar-refractivity contribution is 0.219. The Labute approximate surface area is 125 Å². The van der Waals surface area contributed by atoms with Gasteiger partial charge >= 0.3 is 0 Å². The van der Waals surface area contributed by atoms with E-state index in [0.29, 0.717) is 13.0 Å². The largest absolute Gasteiger partial charge is 0.297 e. The highest BCUT2D eigenvalue weighted by molar-refractivity contribution is 7.89. The van der Waals surface area contributed by atoms with Gasteiger partial charge in [-0.25, -0.2) is 18.1 Å². The van der Waals surface area contributed by atoms with Crippen LogP contribution in [0.25, 0.3) is 0 Å². The maximum absolute atomic E-state index is 11.6. The van der Waals surface area contributed by atoms with E-state index >= 15 is 0 Å². The van der Waals surface area contributed by atoms with E-state index in [2.05, 4.69) is 14.6 Å². The van der Waals surface area contributed by atoms with E-state index in [1.54, 1.807) is 0 Å². The van der Waals surface area contributed by atoms with Crippen LogP contribution in [0.5, 0.6) is 0 Å². The van der Waals surface area contributed by atoms with E-state index in [-0.39, 0.29) is 5.75 Å². The summed E-state index contributed by atoms with van der Waals surface area (Å²) in [5.41, 5.74) is 1.06. The molecule has 1 fully saturated rings. The predicted molar refractivity (Wildman–Crippen MR) is 82.2 cm³/mol. The van der Waals surface area contributed by atoms with Crippen LogP contribution >= 0.6 is 11.3 Å². The van der Waals surface area contributed by atoms with Gasteiger partial charge in [-0.1, -0.05) is 13.3 Å². The second-order valence-electron chi connectivity index (χ2n) is 5.21. The van der Waals surface area contributed by atoms with Crippen LogP contribution in [0.2, 0.25) is 0 Å². The van der Waals surface area contributed by atoms with Crippen LogP contribution in [0.3, 0.4) is 0 Å². The molecule has 1 saturated heterocycles. The number of hydrogen-bond donors (Lipinski definition) is 1. The third kappa shape index (κ3) is 5.12. The summed E-state index contributed by atoms with van der Waals surface area (Å²) >= 11 is 1.53. The van der Waals surface area contributed by atoms with E-state index < -0.39 is 10.0 Å². The Morgan fingerprint density at radius 3 is 2.80 bits per heavy atom. The number of nitrogens with one attached hydrogen (secondary N) is 1. The quantitative estimate of drug-likeness (QED) is 0.835. The van der Waals surface area contributed by atoms with Crippen molar-refractivity contribution in [2.45, 2.75) is 45.7 Å². The van der Waals surface area contributed by atoms with Gasteiger partial charge in [0.25, 0.3) is 0 Å². The van der Waals surface area contributed by atoms with Crippen molar-refractivity contribution in [1.82, 2.24) is 14.6 Å². The van der Waals surface area contributed by atoms with Crippen LogP contribution in [-0.2, 0) is 23.1 Å². The maximum atomic E-state index is 11.6. The molecule has 0 saturated carbocycles. The average molecular weight is 317 g/mol. The monoisotopic (exact) mass is 317 g/mol. The number of nitrogens with zero attached hydrogens (tertiary/aromatic N) is 2. The van der Waals surface area contributed by atoms with Gasteiger partial charge in [0.15, 0.2) is 0 Å². The fourth-order valence-corrected chi connectivity index (χ4v) is 4.22. The zero-order valence-electron chi connectivity index (χ0n) is 12.0. The van der Waals surface area contributed by atoms with Gasteiger partial charge in [-0.05, 0) is 32.4 Å². The fourth-order valence-electron chi connectivity index (χ4n) is 2.36. The summed E-state index contributed by atoms with van der Waals surface area (Å²) in [5, 5.41) is 2.88. The molecular weight excluding hydrogens is 294 g/mol. The first-order chi connectivity index (χ1) is 9.59. The minimum Gasteiger partial charge on any atom is -0.297 e. The van der Waals surface area contributed by atoms with Crippen molar-refractivity contribution in [2.75, 3.05) is 18.8 Å². The van der Waals surface area contributed by atoms with Crippen molar-refractivity contribution in [2.24, 2.45) is 0 Å². The summed E-state index contributed by atoms with van der Waals surface area (Å²) in [5.74, 6) is 0.180. The zero-order chi connectivity index (χ0) is 14.4. The fraction of sp³-hybridized carbons (Fsp3) is 0.769. The van der Waals surface area contributed by atoms with Crippen LogP contribution in [0.15, 0.2) is 5.38 Å². The molecule has 1 N–H and O–H groups in total. The number of likely N-dealkylation sites (tertiary alicyclic amines) is 1. The zero-order valence-corrected chi connectivity index (χ0v) is 13.6. The third-order valence-electron chi connectivity index (χ3n) is 3.35. The molecular formula is C13H23N3O2S2.